The molecule has 1 N–H and O–H groups in total. The van der Waals surface area contributed by atoms with Gasteiger partial charge in [0.05, 0.1) is 12.2 Å². The molecule has 0 radical (unpaired) electrons. The third kappa shape index (κ3) is 6.87. The third-order valence-corrected chi connectivity index (χ3v) is 5.61. The first-order chi connectivity index (χ1) is 13.7. The Bertz CT molecular complexity index is 573. The van der Waals surface area contributed by atoms with Crippen LogP contribution in [0.15, 0.2) is 12.2 Å². The monoisotopic (exact) mass is 448 g/mol. The molecule has 0 aromatic rings. The zero-order valence-electron chi connectivity index (χ0n) is 17.3. The predicted octanol–water partition coefficient (Wildman–Crippen LogP) is 5.63. The molecule has 10 heteroatoms. The Morgan fingerprint density at radius 1 is 1.03 bits per heavy atom. The van der Waals surface area contributed by atoms with E-state index in [0.717, 1.165) is 0 Å². The molecule has 1 fully saturated rings. The highest BCUT2D eigenvalue weighted by molar-refractivity contribution is 5.87. The quantitative estimate of drug-likeness (QED) is 0.325. The molecule has 0 spiro atoms. The van der Waals surface area contributed by atoms with Gasteiger partial charge in [0, 0.05) is 5.57 Å². The minimum Gasteiger partial charge on any atom is -0.459 e. The van der Waals surface area contributed by atoms with Crippen molar-refractivity contribution in [3.8, 4) is 0 Å². The zero-order valence-corrected chi connectivity index (χ0v) is 17.3. The van der Waals surface area contributed by atoms with E-state index in [1.54, 1.807) is 6.92 Å². The summed E-state index contributed by atoms with van der Waals surface area (Å²) in [4.78, 5) is 11.8. The zero-order chi connectivity index (χ0) is 23.2. The van der Waals surface area contributed by atoms with Gasteiger partial charge in [0.15, 0.2) is 0 Å². The van der Waals surface area contributed by atoms with Crippen LogP contribution in [-0.4, -0.2) is 47.3 Å². The summed E-state index contributed by atoms with van der Waals surface area (Å²) >= 11 is 0. The van der Waals surface area contributed by atoms with Crippen LogP contribution < -0.4 is 0 Å². The van der Waals surface area contributed by atoms with Crippen molar-refractivity contribution in [3.63, 3.8) is 0 Å². The molecule has 0 aromatic carbocycles. The number of esters is 1. The second-order valence-corrected chi connectivity index (χ2v) is 7.98. The van der Waals surface area contributed by atoms with Gasteiger partial charge in [-0.1, -0.05) is 26.3 Å². The molecule has 30 heavy (non-hydrogen) atoms. The molecule has 2 atom stereocenters. The molecular weight excluding hydrogens is 418 g/mol. The second-order valence-electron chi connectivity index (χ2n) is 7.98. The Balaban J connectivity index is 2.92. The summed E-state index contributed by atoms with van der Waals surface area (Å²) < 4.78 is 88.5. The van der Waals surface area contributed by atoms with Crippen LogP contribution in [0.3, 0.4) is 0 Å². The van der Waals surface area contributed by atoms with Crippen LogP contribution in [0.2, 0.25) is 0 Å². The lowest BCUT2D eigenvalue weighted by atomic mass is 9.85. The number of alkyl halides is 6. The molecule has 0 aromatic heterocycles. The van der Waals surface area contributed by atoms with Gasteiger partial charge in [0.2, 0.25) is 0 Å². The molecule has 1 rings (SSSR count). The highest BCUT2D eigenvalue weighted by Gasteiger charge is 2.71. The normalized spacial score (nSPS) is 24.9. The summed E-state index contributed by atoms with van der Waals surface area (Å²) in [6.07, 6.45) is -8.26. The van der Waals surface area contributed by atoms with Gasteiger partial charge in [-0.3, -0.25) is 0 Å². The van der Waals surface area contributed by atoms with Gasteiger partial charge < -0.3 is 14.6 Å². The Morgan fingerprint density at radius 3 is 2.07 bits per heavy atom. The van der Waals surface area contributed by atoms with E-state index >= 15 is 0 Å². The summed E-state index contributed by atoms with van der Waals surface area (Å²) in [5.74, 6) is -0.532. The SMILES string of the molecule is C=C(C)C(=O)OC1CCCCCC(CC)(OCC(O)(C(F)(F)F)C(F)(F)F)CCC1. The van der Waals surface area contributed by atoms with E-state index in [9.17, 15) is 36.2 Å². The van der Waals surface area contributed by atoms with E-state index in [0.29, 0.717) is 38.5 Å². The van der Waals surface area contributed by atoms with E-state index in [2.05, 4.69) is 6.58 Å². The minimum absolute atomic E-state index is 0.189. The standard InChI is InChI=1S/C20H30F6O4/c1-4-17(29-13-18(28,19(21,22)23)20(24,25)26)11-7-5-6-9-15(10-8-12-17)30-16(27)14(2)3/h15,28H,2,4-13H2,1,3H3. The van der Waals surface area contributed by atoms with Crippen molar-refractivity contribution in [2.45, 2.75) is 101 Å². The number of hydrogen-bond donors (Lipinski definition) is 1. The summed E-state index contributed by atoms with van der Waals surface area (Å²) in [6.45, 7) is 4.75. The molecule has 2 unspecified atom stereocenters. The van der Waals surface area contributed by atoms with E-state index in [-0.39, 0.29) is 24.8 Å². The molecule has 1 aliphatic carbocycles. The van der Waals surface area contributed by atoms with Crippen molar-refractivity contribution < 1.29 is 45.7 Å². The summed E-state index contributed by atoms with van der Waals surface area (Å²) in [5, 5.41) is 9.40. The topological polar surface area (TPSA) is 55.8 Å². The van der Waals surface area contributed by atoms with Crippen molar-refractivity contribution in [1.82, 2.24) is 0 Å². The van der Waals surface area contributed by atoms with Crippen LogP contribution >= 0.6 is 0 Å². The van der Waals surface area contributed by atoms with Crippen LogP contribution in [0.1, 0.15) is 71.6 Å². The average molecular weight is 448 g/mol. The fourth-order valence-corrected chi connectivity index (χ4v) is 3.47. The lowest BCUT2D eigenvalue weighted by Crippen LogP contribution is -2.61. The first-order valence-electron chi connectivity index (χ1n) is 10.0. The molecule has 0 amide bonds. The van der Waals surface area contributed by atoms with Gasteiger partial charge >= 0.3 is 18.3 Å². The van der Waals surface area contributed by atoms with Crippen LogP contribution in [0.5, 0.6) is 0 Å². The van der Waals surface area contributed by atoms with Crippen molar-refractivity contribution in [2.75, 3.05) is 6.61 Å². The maximum Gasteiger partial charge on any atom is 0.428 e. The van der Waals surface area contributed by atoms with Crippen molar-refractivity contribution in [1.29, 1.82) is 0 Å². The van der Waals surface area contributed by atoms with Crippen LogP contribution in [0.25, 0.3) is 0 Å². The fraction of sp³-hybridized carbons (Fsp3) is 0.850. The molecule has 1 saturated carbocycles. The number of halogens is 6. The molecule has 176 valence electrons. The first-order valence-corrected chi connectivity index (χ1v) is 10.0. The minimum atomic E-state index is -5.92. The van der Waals surface area contributed by atoms with Crippen molar-refractivity contribution in [2.24, 2.45) is 0 Å². The largest absolute Gasteiger partial charge is 0.459 e. The molecule has 0 heterocycles. The number of carbonyl (C=O) groups is 1. The van der Waals surface area contributed by atoms with Gasteiger partial charge in [-0.25, -0.2) is 4.79 Å². The Labute approximate surface area is 172 Å². The lowest BCUT2D eigenvalue weighted by molar-refractivity contribution is -0.383. The number of hydrogen-bond acceptors (Lipinski definition) is 4. The molecular formula is C20H30F6O4. The Kier molecular flexibility index (Phi) is 9.22. The Morgan fingerprint density at radius 2 is 1.57 bits per heavy atom. The van der Waals surface area contributed by atoms with E-state index in [4.69, 9.17) is 9.47 Å². The highest BCUT2D eigenvalue weighted by Crippen LogP contribution is 2.44. The molecule has 1 aliphatic rings. The van der Waals surface area contributed by atoms with Crippen LogP contribution in [0.4, 0.5) is 26.3 Å². The number of ether oxygens (including phenoxy) is 2. The predicted molar refractivity (Wildman–Crippen MR) is 97.7 cm³/mol. The molecule has 0 aliphatic heterocycles. The number of aliphatic hydroxyl groups is 1. The van der Waals surface area contributed by atoms with Gasteiger partial charge in [0.1, 0.15) is 6.10 Å². The molecule has 0 saturated heterocycles. The molecule has 0 bridgehead atoms. The van der Waals surface area contributed by atoms with Crippen molar-refractivity contribution in [3.05, 3.63) is 12.2 Å². The smallest absolute Gasteiger partial charge is 0.428 e. The Hall–Kier alpha value is -1.29. The van der Waals surface area contributed by atoms with Gasteiger partial charge in [-0.15, -0.1) is 0 Å². The summed E-state index contributed by atoms with van der Waals surface area (Å²) in [7, 11) is 0. The molecule has 4 nitrogen and oxygen atoms in total. The maximum absolute atomic E-state index is 13.0. The van der Waals surface area contributed by atoms with Gasteiger partial charge in [-0.2, -0.15) is 26.3 Å². The van der Waals surface area contributed by atoms with E-state index in [1.165, 1.54) is 6.92 Å². The number of rotatable bonds is 6. The second kappa shape index (κ2) is 10.3. The average Bonchev–Trinajstić information content (AvgIpc) is 2.62. The summed E-state index contributed by atoms with van der Waals surface area (Å²) in [6, 6.07) is 0. The van der Waals surface area contributed by atoms with E-state index in [1.807, 2.05) is 0 Å². The third-order valence-electron chi connectivity index (χ3n) is 5.61. The number of carbonyl (C=O) groups excluding carboxylic acids is 1. The fourth-order valence-electron chi connectivity index (χ4n) is 3.47. The van der Waals surface area contributed by atoms with Crippen molar-refractivity contribution >= 4 is 5.97 Å². The van der Waals surface area contributed by atoms with Gasteiger partial charge in [-0.05, 0) is 51.9 Å². The first kappa shape index (κ1) is 26.7. The van der Waals surface area contributed by atoms with Crippen LogP contribution in [0, 0.1) is 0 Å². The van der Waals surface area contributed by atoms with Crippen LogP contribution in [-0.2, 0) is 14.3 Å². The summed E-state index contributed by atoms with van der Waals surface area (Å²) in [5.41, 5.74) is -5.92. The highest BCUT2D eigenvalue weighted by atomic mass is 19.4. The maximum atomic E-state index is 13.0. The van der Waals surface area contributed by atoms with Gasteiger partial charge in [0.25, 0.3) is 5.60 Å². The van der Waals surface area contributed by atoms with E-state index < -0.39 is 42.2 Å². The lowest BCUT2D eigenvalue weighted by Gasteiger charge is -2.39.